The number of aliphatic hydroxyl groups is 1. The van der Waals surface area contributed by atoms with Crippen LogP contribution in [-0.2, 0) is 5.60 Å². The Labute approximate surface area is 200 Å². The van der Waals surface area contributed by atoms with E-state index in [9.17, 15) is 5.11 Å². The Hall–Kier alpha value is -3.19. The maximum absolute atomic E-state index is 10.3. The quantitative estimate of drug-likeness (QED) is 0.427. The Morgan fingerprint density at radius 3 is 2.65 bits per heavy atom. The molecule has 7 nitrogen and oxygen atoms in total. The van der Waals surface area contributed by atoms with Crippen LogP contribution in [0.15, 0.2) is 48.9 Å². The number of rotatable bonds is 7. The van der Waals surface area contributed by atoms with E-state index in [1.807, 2.05) is 30.5 Å². The lowest BCUT2D eigenvalue weighted by Gasteiger charge is -2.28. The van der Waals surface area contributed by atoms with Gasteiger partial charge < -0.3 is 15.2 Å². The van der Waals surface area contributed by atoms with Crippen LogP contribution in [0.25, 0.3) is 5.57 Å². The van der Waals surface area contributed by atoms with Crippen molar-refractivity contribution in [2.45, 2.75) is 71.4 Å². The van der Waals surface area contributed by atoms with Crippen molar-refractivity contribution in [3.8, 4) is 11.5 Å². The van der Waals surface area contributed by atoms with Crippen molar-refractivity contribution in [1.29, 1.82) is 0 Å². The molecule has 1 fully saturated rings. The Morgan fingerprint density at radius 2 is 1.94 bits per heavy atom. The van der Waals surface area contributed by atoms with Crippen LogP contribution in [0.4, 0.5) is 11.5 Å². The fourth-order valence-electron chi connectivity index (χ4n) is 4.15. The Balaban J connectivity index is 1.38. The standard InChI is InChI=1S/C27H33N5O2/c1-26(2)11-7-18(8-12-26)25-22(17-32(31-25)20-5-6-20)34-21-10-14-29-24(16-21)30-19-9-13-28-23(15-19)27(3,4)33/h7,9-10,13-17,20,33H,5-6,8,11-12H2,1-4H3,(H,28,29,30). The van der Waals surface area contributed by atoms with Crippen LogP contribution in [0.2, 0.25) is 0 Å². The Bertz CT molecular complexity index is 1220. The summed E-state index contributed by atoms with van der Waals surface area (Å²) >= 11 is 0. The summed E-state index contributed by atoms with van der Waals surface area (Å²) in [6.07, 6.45) is 13.3. The number of pyridine rings is 2. The molecule has 0 atom stereocenters. The third-order valence-corrected chi connectivity index (χ3v) is 6.51. The maximum atomic E-state index is 10.3. The third-order valence-electron chi connectivity index (χ3n) is 6.51. The van der Waals surface area contributed by atoms with Crippen molar-refractivity contribution >= 4 is 17.1 Å². The van der Waals surface area contributed by atoms with Gasteiger partial charge in [-0.25, -0.2) is 4.98 Å². The fraction of sp³-hybridized carbons (Fsp3) is 0.444. The molecule has 2 aliphatic rings. The van der Waals surface area contributed by atoms with Gasteiger partial charge in [-0.05, 0) is 75.1 Å². The molecule has 3 aromatic heterocycles. The molecule has 0 spiro atoms. The molecule has 7 heteroatoms. The molecule has 34 heavy (non-hydrogen) atoms. The third kappa shape index (κ3) is 5.14. The molecule has 3 aromatic rings. The van der Waals surface area contributed by atoms with E-state index >= 15 is 0 Å². The average molecular weight is 460 g/mol. The SMILES string of the molecule is CC1(C)CC=C(c2nn(C3CC3)cc2Oc2ccnc(Nc3ccnc(C(C)(C)O)c3)c2)CC1. The summed E-state index contributed by atoms with van der Waals surface area (Å²) in [4.78, 5) is 8.69. The number of allylic oxidation sites excluding steroid dienone is 2. The van der Waals surface area contributed by atoms with E-state index in [0.29, 0.717) is 28.7 Å². The second-order valence-corrected chi connectivity index (χ2v) is 10.7. The number of hydrogen-bond donors (Lipinski definition) is 2. The highest BCUT2D eigenvalue weighted by Crippen LogP contribution is 2.43. The second kappa shape index (κ2) is 8.55. The normalized spacial score (nSPS) is 17.9. The first-order valence-corrected chi connectivity index (χ1v) is 12.0. The zero-order valence-corrected chi connectivity index (χ0v) is 20.4. The summed E-state index contributed by atoms with van der Waals surface area (Å²) in [5.41, 5.74) is 2.94. The van der Waals surface area contributed by atoms with Crippen molar-refractivity contribution in [2.75, 3.05) is 5.32 Å². The number of hydrogen-bond acceptors (Lipinski definition) is 6. The zero-order valence-electron chi connectivity index (χ0n) is 20.4. The summed E-state index contributed by atoms with van der Waals surface area (Å²) < 4.78 is 8.44. The highest BCUT2D eigenvalue weighted by atomic mass is 16.5. The van der Waals surface area contributed by atoms with Gasteiger partial charge in [0.05, 0.1) is 17.9 Å². The van der Waals surface area contributed by atoms with E-state index in [4.69, 9.17) is 9.84 Å². The van der Waals surface area contributed by atoms with Crippen LogP contribution in [0.3, 0.4) is 0 Å². The molecule has 5 rings (SSSR count). The van der Waals surface area contributed by atoms with Crippen LogP contribution in [0.5, 0.6) is 11.5 Å². The van der Waals surface area contributed by atoms with E-state index in [0.717, 1.165) is 36.4 Å². The summed E-state index contributed by atoms with van der Waals surface area (Å²) in [5, 5.41) is 18.5. The van der Waals surface area contributed by atoms with Crippen LogP contribution >= 0.6 is 0 Å². The van der Waals surface area contributed by atoms with Gasteiger partial charge in [0, 0.05) is 24.1 Å². The molecule has 1 saturated carbocycles. The fourth-order valence-corrected chi connectivity index (χ4v) is 4.15. The molecule has 0 unspecified atom stereocenters. The topological polar surface area (TPSA) is 85.1 Å². The van der Waals surface area contributed by atoms with Gasteiger partial charge in [0.15, 0.2) is 5.75 Å². The van der Waals surface area contributed by atoms with E-state index < -0.39 is 5.60 Å². The zero-order chi connectivity index (χ0) is 23.9. The Morgan fingerprint density at radius 1 is 1.15 bits per heavy atom. The van der Waals surface area contributed by atoms with Gasteiger partial charge in [-0.1, -0.05) is 19.9 Å². The first-order valence-electron chi connectivity index (χ1n) is 12.0. The largest absolute Gasteiger partial charge is 0.453 e. The smallest absolute Gasteiger partial charge is 0.172 e. The molecule has 0 saturated heterocycles. The molecule has 2 N–H and O–H groups in total. The first kappa shape index (κ1) is 22.6. The van der Waals surface area contributed by atoms with E-state index in [1.165, 1.54) is 18.4 Å². The highest BCUT2D eigenvalue weighted by molar-refractivity contribution is 5.68. The highest BCUT2D eigenvalue weighted by Gasteiger charge is 2.29. The minimum absolute atomic E-state index is 0.341. The predicted molar refractivity (Wildman–Crippen MR) is 133 cm³/mol. The molecular weight excluding hydrogens is 426 g/mol. The van der Waals surface area contributed by atoms with Crippen molar-refractivity contribution in [3.05, 3.63) is 60.3 Å². The second-order valence-electron chi connectivity index (χ2n) is 10.7. The van der Waals surface area contributed by atoms with Gasteiger partial charge in [0.2, 0.25) is 0 Å². The van der Waals surface area contributed by atoms with Gasteiger partial charge in [0.1, 0.15) is 22.9 Å². The van der Waals surface area contributed by atoms with Crippen LogP contribution in [-0.4, -0.2) is 24.9 Å². The molecular formula is C27H33N5O2. The summed E-state index contributed by atoms with van der Waals surface area (Å²) in [7, 11) is 0. The summed E-state index contributed by atoms with van der Waals surface area (Å²) in [6.45, 7) is 8.07. The maximum Gasteiger partial charge on any atom is 0.172 e. The number of anilines is 2. The number of nitrogens with zero attached hydrogens (tertiary/aromatic N) is 4. The van der Waals surface area contributed by atoms with Crippen molar-refractivity contribution in [2.24, 2.45) is 5.41 Å². The first-order chi connectivity index (χ1) is 16.2. The lowest BCUT2D eigenvalue weighted by atomic mass is 9.78. The monoisotopic (exact) mass is 459 g/mol. The molecule has 0 aromatic carbocycles. The van der Waals surface area contributed by atoms with Crippen molar-refractivity contribution in [1.82, 2.24) is 19.7 Å². The van der Waals surface area contributed by atoms with Crippen molar-refractivity contribution < 1.29 is 9.84 Å². The van der Waals surface area contributed by atoms with E-state index in [2.05, 4.69) is 39.9 Å². The molecule has 3 heterocycles. The average Bonchev–Trinajstić information content (AvgIpc) is 3.55. The van der Waals surface area contributed by atoms with Gasteiger partial charge >= 0.3 is 0 Å². The number of ether oxygens (including phenoxy) is 1. The van der Waals surface area contributed by atoms with Gasteiger partial charge in [-0.2, -0.15) is 5.10 Å². The minimum atomic E-state index is -1.02. The van der Waals surface area contributed by atoms with Crippen LogP contribution < -0.4 is 10.1 Å². The lowest BCUT2D eigenvalue weighted by molar-refractivity contribution is 0.0739. The van der Waals surface area contributed by atoms with Gasteiger partial charge in [-0.3, -0.25) is 9.67 Å². The van der Waals surface area contributed by atoms with Gasteiger partial charge in [-0.15, -0.1) is 0 Å². The number of aromatic nitrogens is 4. The van der Waals surface area contributed by atoms with Crippen LogP contribution in [0.1, 0.15) is 77.2 Å². The van der Waals surface area contributed by atoms with E-state index in [-0.39, 0.29) is 0 Å². The molecule has 0 bridgehead atoms. The Kier molecular flexibility index (Phi) is 5.68. The molecule has 178 valence electrons. The molecule has 2 aliphatic carbocycles. The van der Waals surface area contributed by atoms with Crippen molar-refractivity contribution in [3.63, 3.8) is 0 Å². The molecule has 0 radical (unpaired) electrons. The van der Waals surface area contributed by atoms with Crippen LogP contribution in [0, 0.1) is 5.41 Å². The molecule has 0 aliphatic heterocycles. The molecule has 0 amide bonds. The lowest BCUT2D eigenvalue weighted by Crippen LogP contribution is -2.17. The van der Waals surface area contributed by atoms with E-state index in [1.54, 1.807) is 26.2 Å². The number of nitrogens with one attached hydrogen (secondary N) is 1. The summed E-state index contributed by atoms with van der Waals surface area (Å²) in [6, 6.07) is 7.89. The van der Waals surface area contributed by atoms with Gasteiger partial charge in [0.25, 0.3) is 0 Å². The predicted octanol–water partition coefficient (Wildman–Crippen LogP) is 6.36. The summed E-state index contributed by atoms with van der Waals surface area (Å²) in [5.74, 6) is 2.14. The minimum Gasteiger partial charge on any atom is -0.453 e.